The Morgan fingerprint density at radius 2 is 2.07 bits per heavy atom. The molecular weight excluding hydrogens is 420 g/mol. The normalized spacial score (nSPS) is 16.5. The molecule has 0 bridgehead atoms. The van der Waals surface area contributed by atoms with Gasteiger partial charge in [0, 0.05) is 32.4 Å². The van der Waals surface area contributed by atoms with E-state index in [0.29, 0.717) is 9.20 Å². The van der Waals surface area contributed by atoms with Crippen molar-refractivity contribution in [1.29, 1.82) is 0 Å². The molecule has 2 aromatic heterocycles. The Morgan fingerprint density at radius 3 is 2.90 bits per heavy atom. The highest BCUT2D eigenvalue weighted by atomic mass is 32.1. The van der Waals surface area contributed by atoms with Crippen LogP contribution < -0.4 is 20.1 Å². The molecule has 0 atom stereocenters. The van der Waals surface area contributed by atoms with Gasteiger partial charge in [0.15, 0.2) is 5.13 Å². The van der Waals surface area contributed by atoms with E-state index in [0.717, 1.165) is 55.1 Å². The summed E-state index contributed by atoms with van der Waals surface area (Å²) in [7, 11) is 0. The quantitative estimate of drug-likeness (QED) is 0.546. The van der Waals surface area contributed by atoms with Crippen molar-refractivity contribution in [2.24, 2.45) is 10.2 Å². The highest BCUT2D eigenvalue weighted by Crippen LogP contribution is 2.18. The monoisotopic (exact) mass is 442 g/mol. The number of hydrogen-bond donors (Lipinski definition) is 2. The number of morpholine rings is 1. The SMILES string of the molecule is O=c1[nH]c(=CN=Nc2ccccc2)sc1=Cc1cnc(NCCN2CCOCC2)s1. The average molecular weight is 443 g/mol. The van der Waals surface area contributed by atoms with Crippen LogP contribution in [0.4, 0.5) is 10.8 Å². The summed E-state index contributed by atoms with van der Waals surface area (Å²) >= 11 is 2.87. The smallest absolute Gasteiger partial charge is 0.266 e. The fourth-order valence-electron chi connectivity index (χ4n) is 2.87. The highest BCUT2D eigenvalue weighted by molar-refractivity contribution is 7.16. The molecule has 8 nitrogen and oxygen atoms in total. The van der Waals surface area contributed by atoms with Gasteiger partial charge in [-0.15, -0.1) is 11.3 Å². The molecule has 0 aliphatic carbocycles. The Bertz CT molecular complexity index is 1150. The van der Waals surface area contributed by atoms with Crippen LogP contribution in [-0.4, -0.2) is 54.3 Å². The largest absolute Gasteiger partial charge is 0.379 e. The molecule has 3 heterocycles. The number of ether oxygens (including phenoxy) is 1. The molecule has 1 aromatic carbocycles. The van der Waals surface area contributed by atoms with Gasteiger partial charge < -0.3 is 15.0 Å². The topological polar surface area (TPSA) is 95.0 Å². The van der Waals surface area contributed by atoms with Crippen molar-refractivity contribution in [3.63, 3.8) is 0 Å². The van der Waals surface area contributed by atoms with Crippen LogP contribution in [0.1, 0.15) is 4.88 Å². The van der Waals surface area contributed by atoms with Crippen LogP contribution >= 0.6 is 22.7 Å². The van der Waals surface area contributed by atoms with Crippen LogP contribution in [0, 0.1) is 0 Å². The third kappa shape index (κ3) is 5.92. The van der Waals surface area contributed by atoms with E-state index in [1.54, 1.807) is 12.4 Å². The van der Waals surface area contributed by atoms with Crippen LogP contribution in [0.15, 0.2) is 51.6 Å². The molecule has 156 valence electrons. The van der Waals surface area contributed by atoms with Gasteiger partial charge >= 0.3 is 0 Å². The minimum Gasteiger partial charge on any atom is -0.379 e. The summed E-state index contributed by atoms with van der Waals surface area (Å²) in [5.74, 6) is 0. The number of H-pyrrole nitrogens is 1. The van der Waals surface area contributed by atoms with Crippen molar-refractivity contribution in [2.75, 3.05) is 44.7 Å². The number of anilines is 1. The van der Waals surface area contributed by atoms with Crippen LogP contribution in [0.5, 0.6) is 0 Å². The lowest BCUT2D eigenvalue weighted by Crippen LogP contribution is -2.38. The molecule has 10 heteroatoms. The zero-order chi connectivity index (χ0) is 20.6. The molecule has 0 amide bonds. The number of hydrogen-bond acceptors (Lipinski definition) is 9. The molecule has 30 heavy (non-hydrogen) atoms. The van der Waals surface area contributed by atoms with E-state index in [4.69, 9.17) is 4.74 Å². The van der Waals surface area contributed by atoms with E-state index in [1.807, 2.05) is 36.4 Å². The van der Waals surface area contributed by atoms with Gasteiger partial charge in [-0.2, -0.15) is 10.2 Å². The van der Waals surface area contributed by atoms with Gasteiger partial charge in [0.05, 0.1) is 34.5 Å². The van der Waals surface area contributed by atoms with Crippen molar-refractivity contribution in [3.8, 4) is 0 Å². The number of aromatic nitrogens is 2. The second kappa shape index (κ2) is 10.4. The molecule has 0 saturated carbocycles. The van der Waals surface area contributed by atoms with Gasteiger partial charge in [0.1, 0.15) is 4.66 Å². The summed E-state index contributed by atoms with van der Waals surface area (Å²) < 4.78 is 6.62. The lowest BCUT2D eigenvalue weighted by atomic mass is 10.3. The number of azo groups is 1. The molecule has 0 spiro atoms. The number of nitrogens with zero attached hydrogens (tertiary/aromatic N) is 4. The second-order valence-electron chi connectivity index (χ2n) is 6.56. The first-order valence-electron chi connectivity index (χ1n) is 9.63. The Hall–Kier alpha value is -2.66. The van der Waals surface area contributed by atoms with Crippen molar-refractivity contribution in [2.45, 2.75) is 0 Å². The Labute approximate surface area is 181 Å². The van der Waals surface area contributed by atoms with E-state index in [1.165, 1.54) is 22.7 Å². The van der Waals surface area contributed by atoms with Crippen molar-refractivity contribution in [1.82, 2.24) is 14.9 Å². The highest BCUT2D eigenvalue weighted by Gasteiger charge is 2.09. The van der Waals surface area contributed by atoms with Crippen LogP contribution in [0.2, 0.25) is 0 Å². The first kappa shape index (κ1) is 20.6. The van der Waals surface area contributed by atoms with E-state index in [9.17, 15) is 4.79 Å². The molecule has 0 unspecified atom stereocenters. The summed E-state index contributed by atoms with van der Waals surface area (Å²) in [5, 5.41) is 12.4. The van der Waals surface area contributed by atoms with Gasteiger partial charge in [-0.25, -0.2) is 4.98 Å². The fraction of sp³-hybridized carbons (Fsp3) is 0.300. The van der Waals surface area contributed by atoms with Gasteiger partial charge in [-0.1, -0.05) is 29.5 Å². The van der Waals surface area contributed by atoms with Crippen molar-refractivity contribution in [3.05, 3.63) is 61.0 Å². The molecule has 1 saturated heterocycles. The van der Waals surface area contributed by atoms with Crippen LogP contribution in [-0.2, 0) is 4.74 Å². The third-order valence-electron chi connectivity index (χ3n) is 4.39. The van der Waals surface area contributed by atoms with Crippen molar-refractivity contribution >= 4 is 45.8 Å². The summed E-state index contributed by atoms with van der Waals surface area (Å²) in [4.78, 5) is 22.7. The molecular formula is C20H22N6O2S2. The summed E-state index contributed by atoms with van der Waals surface area (Å²) in [6.45, 7) is 5.35. The number of thiazole rings is 2. The molecule has 2 N–H and O–H groups in total. The Balaban J connectivity index is 1.38. The maximum Gasteiger partial charge on any atom is 0.266 e. The first-order chi connectivity index (χ1) is 14.8. The van der Waals surface area contributed by atoms with E-state index >= 15 is 0 Å². The van der Waals surface area contributed by atoms with E-state index in [2.05, 4.69) is 30.4 Å². The summed E-state index contributed by atoms with van der Waals surface area (Å²) in [6.07, 6.45) is 5.18. The number of aromatic amines is 1. The van der Waals surface area contributed by atoms with Gasteiger partial charge in [-0.3, -0.25) is 9.69 Å². The molecule has 0 radical (unpaired) electrons. The summed E-state index contributed by atoms with van der Waals surface area (Å²) in [6, 6.07) is 9.45. The standard InChI is InChI=1S/C20H22N6O2S2/c27-19-17(30-18(24-19)14-23-25-15-4-2-1-3-5-15)12-16-13-22-20(29-16)21-6-7-26-8-10-28-11-9-26/h1-5,12-14H,6-11H2,(H,21,22)(H,24,27). The maximum atomic E-state index is 12.2. The Morgan fingerprint density at radius 1 is 1.23 bits per heavy atom. The molecule has 3 aromatic rings. The molecule has 1 aliphatic heterocycles. The van der Waals surface area contributed by atoms with E-state index in [-0.39, 0.29) is 5.56 Å². The third-order valence-corrected chi connectivity index (χ3v) is 6.24. The summed E-state index contributed by atoms with van der Waals surface area (Å²) in [5.41, 5.74) is 0.620. The van der Waals surface area contributed by atoms with Crippen LogP contribution in [0.3, 0.4) is 0 Å². The second-order valence-corrected chi connectivity index (χ2v) is 8.70. The van der Waals surface area contributed by atoms with Gasteiger partial charge in [-0.05, 0) is 18.2 Å². The average Bonchev–Trinajstić information content (AvgIpc) is 3.36. The molecule has 1 aliphatic rings. The van der Waals surface area contributed by atoms with Crippen LogP contribution in [0.25, 0.3) is 12.3 Å². The number of nitrogens with one attached hydrogen (secondary N) is 2. The fourth-order valence-corrected chi connectivity index (χ4v) is 4.54. The molecule has 1 fully saturated rings. The lowest BCUT2D eigenvalue weighted by molar-refractivity contribution is 0.0398. The Kier molecular flexibility index (Phi) is 7.14. The van der Waals surface area contributed by atoms with Gasteiger partial charge in [0.25, 0.3) is 5.56 Å². The molecule has 4 rings (SSSR count). The maximum absolute atomic E-state index is 12.2. The lowest BCUT2D eigenvalue weighted by Gasteiger charge is -2.26. The minimum absolute atomic E-state index is 0.142. The first-order valence-corrected chi connectivity index (χ1v) is 11.3. The predicted octanol–water partition coefficient (Wildman–Crippen LogP) is 1.99. The number of rotatable bonds is 7. The predicted molar refractivity (Wildman–Crippen MR) is 121 cm³/mol. The number of benzene rings is 1. The minimum atomic E-state index is -0.142. The van der Waals surface area contributed by atoms with E-state index < -0.39 is 0 Å². The van der Waals surface area contributed by atoms with Crippen molar-refractivity contribution < 1.29 is 4.74 Å². The zero-order valence-corrected chi connectivity index (χ0v) is 17.9. The van der Waals surface area contributed by atoms with Gasteiger partial charge in [0.2, 0.25) is 0 Å². The zero-order valence-electron chi connectivity index (χ0n) is 16.3.